The molecule has 0 aliphatic carbocycles. The van der Waals surface area contributed by atoms with E-state index in [9.17, 15) is 0 Å². The van der Waals surface area contributed by atoms with Crippen molar-refractivity contribution in [2.75, 3.05) is 12.8 Å². The topological polar surface area (TPSA) is 61.3 Å². The molecule has 4 nitrogen and oxygen atoms in total. The Morgan fingerprint density at radius 1 is 1.26 bits per heavy atom. The molecule has 0 bridgehead atoms. The number of rotatable bonds is 3. The molecular formula is C14H12N2O2S. The van der Waals surface area contributed by atoms with Gasteiger partial charge in [0.2, 0.25) is 5.88 Å². The number of methoxy groups -OCH3 is 1. The zero-order valence-corrected chi connectivity index (χ0v) is 11.1. The van der Waals surface area contributed by atoms with Crippen LogP contribution in [0, 0.1) is 0 Å². The monoisotopic (exact) mass is 272 g/mol. The first kappa shape index (κ1) is 11.8. The number of thiophene rings is 1. The lowest BCUT2D eigenvalue weighted by Crippen LogP contribution is -1.88. The summed E-state index contributed by atoms with van der Waals surface area (Å²) in [6, 6.07) is 9.67. The summed E-state index contributed by atoms with van der Waals surface area (Å²) in [5, 5.41) is 8.07. The van der Waals surface area contributed by atoms with E-state index in [2.05, 4.69) is 5.16 Å². The molecule has 0 radical (unpaired) electrons. The van der Waals surface area contributed by atoms with Crippen LogP contribution in [0.2, 0.25) is 0 Å². The smallest absolute Gasteiger partial charge is 0.230 e. The summed E-state index contributed by atoms with van der Waals surface area (Å²) in [7, 11) is 1.63. The Hall–Kier alpha value is -2.27. The normalized spacial score (nSPS) is 10.6. The first-order valence-electron chi connectivity index (χ1n) is 5.71. The molecule has 2 N–H and O–H groups in total. The molecule has 0 saturated heterocycles. The van der Waals surface area contributed by atoms with Crippen LogP contribution in [0.4, 0.5) is 5.88 Å². The highest BCUT2D eigenvalue weighted by Gasteiger charge is 2.17. The molecule has 0 saturated carbocycles. The van der Waals surface area contributed by atoms with Crippen LogP contribution in [0.15, 0.2) is 45.6 Å². The van der Waals surface area contributed by atoms with Crippen LogP contribution in [0.25, 0.3) is 22.4 Å². The molecule has 0 aliphatic rings. The molecule has 2 heterocycles. The van der Waals surface area contributed by atoms with Gasteiger partial charge in [-0.3, -0.25) is 0 Å². The molecule has 0 atom stereocenters. The van der Waals surface area contributed by atoms with Gasteiger partial charge < -0.3 is 15.0 Å². The van der Waals surface area contributed by atoms with Crippen molar-refractivity contribution in [2.45, 2.75) is 0 Å². The van der Waals surface area contributed by atoms with Crippen LogP contribution in [0.5, 0.6) is 5.75 Å². The Labute approximate surface area is 114 Å². The number of benzene rings is 1. The Kier molecular flexibility index (Phi) is 2.97. The Balaban J connectivity index is 2.16. The molecule has 3 aromatic rings. The molecule has 0 amide bonds. The van der Waals surface area contributed by atoms with E-state index in [4.69, 9.17) is 15.0 Å². The van der Waals surface area contributed by atoms with E-state index in [1.165, 1.54) is 0 Å². The van der Waals surface area contributed by atoms with Gasteiger partial charge >= 0.3 is 0 Å². The Morgan fingerprint density at radius 3 is 2.89 bits per heavy atom. The maximum absolute atomic E-state index is 5.90. The lowest BCUT2D eigenvalue weighted by Gasteiger charge is -2.04. The van der Waals surface area contributed by atoms with Crippen LogP contribution < -0.4 is 10.5 Å². The summed E-state index contributed by atoms with van der Waals surface area (Å²) >= 11 is 1.61. The largest absolute Gasteiger partial charge is 0.497 e. The van der Waals surface area contributed by atoms with Crippen molar-refractivity contribution >= 4 is 17.2 Å². The minimum Gasteiger partial charge on any atom is -0.497 e. The lowest BCUT2D eigenvalue weighted by molar-refractivity contribution is 0.415. The fourth-order valence-electron chi connectivity index (χ4n) is 1.96. The van der Waals surface area contributed by atoms with Crippen molar-refractivity contribution in [3.8, 4) is 28.1 Å². The lowest BCUT2D eigenvalue weighted by atomic mass is 10.0. The molecule has 0 fully saturated rings. The van der Waals surface area contributed by atoms with Gasteiger partial charge in [-0.1, -0.05) is 17.3 Å². The summed E-state index contributed by atoms with van der Waals surface area (Å²) in [5.74, 6) is 1.09. The second-order valence-corrected chi connectivity index (χ2v) is 4.79. The number of nitrogens with zero attached hydrogens (tertiary/aromatic N) is 1. The molecule has 0 spiro atoms. The van der Waals surface area contributed by atoms with Gasteiger partial charge in [-0.25, -0.2) is 0 Å². The average Bonchev–Trinajstić information content (AvgIpc) is 3.07. The fourth-order valence-corrected chi connectivity index (χ4v) is 2.60. The number of nitrogen functional groups attached to an aromatic ring is 1. The third-order valence-corrected chi connectivity index (χ3v) is 3.55. The highest BCUT2D eigenvalue weighted by Crippen LogP contribution is 2.37. The first-order chi connectivity index (χ1) is 9.29. The standard InChI is InChI=1S/C14H12N2O2S/c1-17-11-4-2-3-9(7-11)12-13(16-18-14(12)15)10-5-6-19-8-10/h2-8H,15H2,1H3. The average molecular weight is 272 g/mol. The number of ether oxygens (including phenoxy) is 1. The summed E-state index contributed by atoms with van der Waals surface area (Å²) in [5.41, 5.74) is 9.40. The molecule has 3 rings (SSSR count). The van der Waals surface area contributed by atoms with Crippen LogP contribution >= 0.6 is 11.3 Å². The maximum atomic E-state index is 5.90. The molecule has 5 heteroatoms. The molecular weight excluding hydrogens is 260 g/mol. The van der Waals surface area contributed by atoms with Crippen LogP contribution in [-0.4, -0.2) is 12.3 Å². The predicted molar refractivity (Wildman–Crippen MR) is 76.2 cm³/mol. The van der Waals surface area contributed by atoms with E-state index in [1.54, 1.807) is 18.4 Å². The highest BCUT2D eigenvalue weighted by atomic mass is 32.1. The van der Waals surface area contributed by atoms with Crippen molar-refractivity contribution in [1.82, 2.24) is 5.16 Å². The molecule has 1 aromatic carbocycles. The van der Waals surface area contributed by atoms with Gasteiger partial charge in [0.25, 0.3) is 0 Å². The Morgan fingerprint density at radius 2 is 2.16 bits per heavy atom. The van der Waals surface area contributed by atoms with Crippen LogP contribution in [0.3, 0.4) is 0 Å². The zero-order chi connectivity index (χ0) is 13.2. The van der Waals surface area contributed by atoms with Gasteiger partial charge in [-0.15, -0.1) is 0 Å². The number of anilines is 1. The second-order valence-electron chi connectivity index (χ2n) is 4.01. The van der Waals surface area contributed by atoms with Gasteiger partial charge in [0.05, 0.1) is 12.7 Å². The quantitative estimate of drug-likeness (QED) is 0.790. The van der Waals surface area contributed by atoms with Crippen molar-refractivity contribution in [3.05, 3.63) is 41.1 Å². The number of hydrogen-bond donors (Lipinski definition) is 1. The highest BCUT2D eigenvalue weighted by molar-refractivity contribution is 7.08. The van der Waals surface area contributed by atoms with Gasteiger partial charge in [0, 0.05) is 10.9 Å². The summed E-state index contributed by atoms with van der Waals surface area (Å²) in [6.07, 6.45) is 0. The fraction of sp³-hybridized carbons (Fsp3) is 0.0714. The first-order valence-corrected chi connectivity index (χ1v) is 6.66. The predicted octanol–water partition coefficient (Wildman–Crippen LogP) is 3.66. The van der Waals surface area contributed by atoms with E-state index < -0.39 is 0 Å². The van der Waals surface area contributed by atoms with Gasteiger partial charge in [0.15, 0.2) is 0 Å². The third-order valence-electron chi connectivity index (χ3n) is 2.87. The van der Waals surface area contributed by atoms with Crippen molar-refractivity contribution in [1.29, 1.82) is 0 Å². The van der Waals surface area contributed by atoms with Crippen LogP contribution in [0.1, 0.15) is 0 Å². The van der Waals surface area contributed by atoms with Gasteiger partial charge in [-0.2, -0.15) is 11.3 Å². The van der Waals surface area contributed by atoms with Crippen molar-refractivity contribution < 1.29 is 9.26 Å². The van der Waals surface area contributed by atoms with Gasteiger partial charge in [-0.05, 0) is 29.1 Å². The summed E-state index contributed by atoms with van der Waals surface area (Å²) in [4.78, 5) is 0. The molecule has 2 aromatic heterocycles. The molecule has 0 aliphatic heterocycles. The number of aromatic nitrogens is 1. The second kappa shape index (κ2) is 4.78. The van der Waals surface area contributed by atoms with Crippen molar-refractivity contribution in [3.63, 3.8) is 0 Å². The minimum atomic E-state index is 0.314. The molecule has 0 unspecified atom stereocenters. The molecule has 96 valence electrons. The van der Waals surface area contributed by atoms with E-state index in [-0.39, 0.29) is 0 Å². The summed E-state index contributed by atoms with van der Waals surface area (Å²) < 4.78 is 10.4. The number of hydrogen-bond acceptors (Lipinski definition) is 5. The maximum Gasteiger partial charge on any atom is 0.230 e. The van der Waals surface area contributed by atoms with E-state index in [0.717, 1.165) is 28.1 Å². The van der Waals surface area contributed by atoms with Crippen LogP contribution in [-0.2, 0) is 0 Å². The SMILES string of the molecule is COc1cccc(-c2c(-c3ccsc3)noc2N)c1. The van der Waals surface area contributed by atoms with E-state index in [1.807, 2.05) is 41.1 Å². The molecule has 19 heavy (non-hydrogen) atoms. The van der Waals surface area contributed by atoms with Crippen molar-refractivity contribution in [2.24, 2.45) is 0 Å². The van der Waals surface area contributed by atoms with Gasteiger partial charge in [0.1, 0.15) is 11.4 Å². The zero-order valence-electron chi connectivity index (χ0n) is 10.3. The Bertz CT molecular complexity index is 689. The van der Waals surface area contributed by atoms with E-state index in [0.29, 0.717) is 5.88 Å². The third kappa shape index (κ3) is 2.08. The minimum absolute atomic E-state index is 0.314. The number of nitrogens with two attached hydrogens (primary N) is 1. The summed E-state index contributed by atoms with van der Waals surface area (Å²) in [6.45, 7) is 0. The van der Waals surface area contributed by atoms with E-state index >= 15 is 0 Å².